The quantitative estimate of drug-likeness (QED) is 0.770. The minimum absolute atomic E-state index is 0.261. The fourth-order valence-corrected chi connectivity index (χ4v) is 2.86. The molecule has 118 valence electrons. The molecule has 1 atom stereocenters. The van der Waals surface area contributed by atoms with Gasteiger partial charge in [0.15, 0.2) is 0 Å². The summed E-state index contributed by atoms with van der Waals surface area (Å²) < 4.78 is 51.6. The molecule has 0 radical (unpaired) electrons. The third-order valence-corrected chi connectivity index (χ3v) is 4.32. The van der Waals surface area contributed by atoms with E-state index in [4.69, 9.17) is 11.6 Å². The first-order valence-electron chi connectivity index (χ1n) is 6.11. The topological polar surface area (TPSA) is 29.1 Å². The van der Waals surface area contributed by atoms with E-state index in [0.29, 0.717) is 16.5 Å². The van der Waals surface area contributed by atoms with Crippen LogP contribution in [0.25, 0.3) is 0 Å². The Morgan fingerprint density at radius 2 is 1.95 bits per heavy atom. The lowest BCUT2D eigenvalue weighted by Crippen LogP contribution is -2.26. The van der Waals surface area contributed by atoms with Gasteiger partial charge in [0.1, 0.15) is 5.82 Å². The maximum absolute atomic E-state index is 13.2. The van der Waals surface area contributed by atoms with E-state index in [1.54, 1.807) is 19.1 Å². The van der Waals surface area contributed by atoms with Crippen molar-refractivity contribution >= 4 is 28.8 Å². The Kier molecular flexibility index (Phi) is 4.77. The normalized spacial score (nSPS) is 13.0. The highest BCUT2D eigenvalue weighted by Gasteiger charge is 2.34. The highest BCUT2D eigenvalue weighted by atomic mass is 35.5. The lowest BCUT2D eigenvalue weighted by molar-refractivity contribution is -0.140. The van der Waals surface area contributed by atoms with Crippen LogP contribution in [0.3, 0.4) is 0 Å². The number of carbonyl (C=O) groups is 1. The van der Waals surface area contributed by atoms with Gasteiger partial charge < -0.3 is 5.32 Å². The van der Waals surface area contributed by atoms with E-state index in [9.17, 15) is 22.4 Å². The molecule has 1 unspecified atom stereocenters. The molecule has 8 heteroatoms. The molecule has 2 nitrogen and oxygen atoms in total. The molecule has 2 aromatic rings. The first-order chi connectivity index (χ1) is 10.2. The third kappa shape index (κ3) is 3.78. The summed E-state index contributed by atoms with van der Waals surface area (Å²) in [6.07, 6.45) is -4.85. The standard InChI is InChI=1S/C14H10ClF4NOS/c1-7(11-4-5-12(15)22-11)20-13(21)8-2-3-10(16)9(6-8)14(17,18)19/h2-7H,1H3,(H,20,21). The number of nitrogens with one attached hydrogen (secondary N) is 1. The number of benzene rings is 1. The predicted octanol–water partition coefficient (Wildman–Crippen LogP) is 5.05. The molecule has 0 saturated heterocycles. The fraction of sp³-hybridized carbons (Fsp3) is 0.214. The molecule has 1 heterocycles. The van der Waals surface area contributed by atoms with Crippen molar-refractivity contribution < 1.29 is 22.4 Å². The zero-order valence-corrected chi connectivity index (χ0v) is 12.7. The van der Waals surface area contributed by atoms with Gasteiger partial charge in [-0.25, -0.2) is 4.39 Å². The van der Waals surface area contributed by atoms with Gasteiger partial charge in [0, 0.05) is 10.4 Å². The van der Waals surface area contributed by atoms with Gasteiger partial charge in [-0.05, 0) is 37.3 Å². The number of hydrogen-bond acceptors (Lipinski definition) is 2. The van der Waals surface area contributed by atoms with Gasteiger partial charge in [0.25, 0.3) is 5.91 Å². The average Bonchev–Trinajstić information content (AvgIpc) is 2.84. The van der Waals surface area contributed by atoms with Crippen LogP contribution in [0.15, 0.2) is 30.3 Å². The monoisotopic (exact) mass is 351 g/mol. The van der Waals surface area contributed by atoms with E-state index in [-0.39, 0.29) is 5.56 Å². The van der Waals surface area contributed by atoms with Crippen molar-refractivity contribution in [3.8, 4) is 0 Å². The molecule has 0 fully saturated rings. The van der Waals surface area contributed by atoms with Crippen molar-refractivity contribution in [2.45, 2.75) is 19.1 Å². The summed E-state index contributed by atoms with van der Waals surface area (Å²) in [5.41, 5.74) is -1.73. The van der Waals surface area contributed by atoms with Crippen molar-refractivity contribution in [2.24, 2.45) is 0 Å². The van der Waals surface area contributed by atoms with Gasteiger partial charge in [0.2, 0.25) is 0 Å². The van der Waals surface area contributed by atoms with Crippen LogP contribution in [-0.2, 0) is 6.18 Å². The maximum atomic E-state index is 13.2. The van der Waals surface area contributed by atoms with E-state index >= 15 is 0 Å². The Bertz CT molecular complexity index is 698. The average molecular weight is 352 g/mol. The summed E-state index contributed by atoms with van der Waals surface area (Å²) in [4.78, 5) is 12.8. The number of amides is 1. The Hall–Kier alpha value is -1.60. The first kappa shape index (κ1) is 16.8. The van der Waals surface area contributed by atoms with Crippen LogP contribution in [0.4, 0.5) is 17.6 Å². The molecule has 1 aromatic carbocycles. The highest BCUT2D eigenvalue weighted by molar-refractivity contribution is 7.16. The van der Waals surface area contributed by atoms with Gasteiger partial charge in [-0.2, -0.15) is 13.2 Å². The molecule has 0 aliphatic rings. The molecule has 0 saturated carbocycles. The minimum Gasteiger partial charge on any atom is -0.345 e. The van der Waals surface area contributed by atoms with Crippen molar-refractivity contribution in [3.63, 3.8) is 0 Å². The van der Waals surface area contributed by atoms with E-state index < -0.39 is 29.5 Å². The van der Waals surface area contributed by atoms with Crippen LogP contribution in [-0.4, -0.2) is 5.91 Å². The Labute approximate surface area is 132 Å². The van der Waals surface area contributed by atoms with Gasteiger partial charge in [0.05, 0.1) is 15.9 Å². The van der Waals surface area contributed by atoms with Gasteiger partial charge in [-0.3, -0.25) is 4.79 Å². The smallest absolute Gasteiger partial charge is 0.345 e. The van der Waals surface area contributed by atoms with Crippen LogP contribution in [0.2, 0.25) is 4.34 Å². The summed E-state index contributed by atoms with van der Waals surface area (Å²) in [6, 6.07) is 5.08. The first-order valence-corrected chi connectivity index (χ1v) is 7.31. The van der Waals surface area contributed by atoms with Crippen molar-refractivity contribution in [1.82, 2.24) is 5.32 Å². The number of rotatable bonds is 3. The molecule has 1 N–H and O–H groups in total. The van der Waals surface area contributed by atoms with Gasteiger partial charge >= 0.3 is 6.18 Å². The molecule has 22 heavy (non-hydrogen) atoms. The summed E-state index contributed by atoms with van der Waals surface area (Å²) in [6.45, 7) is 1.67. The van der Waals surface area contributed by atoms with Crippen LogP contribution in [0, 0.1) is 5.82 Å². The van der Waals surface area contributed by atoms with Crippen LogP contribution < -0.4 is 5.32 Å². The molecule has 1 amide bonds. The second kappa shape index (κ2) is 6.26. The van der Waals surface area contributed by atoms with E-state index in [2.05, 4.69) is 5.32 Å². The van der Waals surface area contributed by atoms with E-state index in [1.807, 2.05) is 0 Å². The maximum Gasteiger partial charge on any atom is 0.419 e. The molecule has 1 aromatic heterocycles. The van der Waals surface area contributed by atoms with Crippen molar-refractivity contribution in [2.75, 3.05) is 0 Å². The molecule has 2 rings (SSSR count). The summed E-state index contributed by atoms with van der Waals surface area (Å²) in [7, 11) is 0. The van der Waals surface area contributed by atoms with E-state index in [1.165, 1.54) is 11.3 Å². The minimum atomic E-state index is -4.85. The number of thiophene rings is 1. The Morgan fingerprint density at radius 3 is 2.50 bits per heavy atom. The number of halogens is 5. The second-order valence-electron chi connectivity index (χ2n) is 4.53. The zero-order valence-electron chi connectivity index (χ0n) is 11.2. The number of hydrogen-bond donors (Lipinski definition) is 1. The lowest BCUT2D eigenvalue weighted by Gasteiger charge is -2.14. The van der Waals surface area contributed by atoms with Crippen LogP contribution >= 0.6 is 22.9 Å². The highest BCUT2D eigenvalue weighted by Crippen LogP contribution is 2.32. The third-order valence-electron chi connectivity index (χ3n) is 2.90. The fourth-order valence-electron chi connectivity index (χ4n) is 1.80. The van der Waals surface area contributed by atoms with Crippen molar-refractivity contribution in [3.05, 3.63) is 56.5 Å². The molecular weight excluding hydrogens is 342 g/mol. The van der Waals surface area contributed by atoms with Gasteiger partial charge in [-0.15, -0.1) is 11.3 Å². The summed E-state index contributed by atoms with van der Waals surface area (Å²) in [5.74, 6) is -2.13. The summed E-state index contributed by atoms with van der Waals surface area (Å²) in [5, 5.41) is 2.55. The summed E-state index contributed by atoms with van der Waals surface area (Å²) >= 11 is 7.04. The van der Waals surface area contributed by atoms with E-state index in [0.717, 1.165) is 10.9 Å². The van der Waals surface area contributed by atoms with Crippen LogP contribution in [0.5, 0.6) is 0 Å². The lowest BCUT2D eigenvalue weighted by atomic mass is 10.1. The molecular formula is C14H10ClF4NOS. The van der Waals surface area contributed by atoms with Gasteiger partial charge in [-0.1, -0.05) is 11.6 Å². The Morgan fingerprint density at radius 1 is 1.27 bits per heavy atom. The molecule has 0 aliphatic heterocycles. The second-order valence-corrected chi connectivity index (χ2v) is 6.28. The van der Waals surface area contributed by atoms with Crippen LogP contribution in [0.1, 0.15) is 33.8 Å². The zero-order chi connectivity index (χ0) is 16.5. The molecule has 0 aliphatic carbocycles. The molecule has 0 bridgehead atoms. The number of alkyl halides is 3. The van der Waals surface area contributed by atoms with Crippen molar-refractivity contribution in [1.29, 1.82) is 0 Å². The molecule has 0 spiro atoms. The number of carbonyl (C=O) groups excluding carboxylic acids is 1. The largest absolute Gasteiger partial charge is 0.419 e. The SMILES string of the molecule is CC(NC(=O)c1ccc(F)c(C(F)(F)F)c1)c1ccc(Cl)s1. The predicted molar refractivity (Wildman–Crippen MR) is 76.6 cm³/mol. The Balaban J connectivity index is 2.19.